The van der Waals surface area contributed by atoms with Crippen LogP contribution in [0.5, 0.6) is 0 Å². The topological polar surface area (TPSA) is 49.3 Å². The van der Waals surface area contributed by atoms with E-state index in [9.17, 15) is 9.90 Å². The molecule has 0 aliphatic rings. The maximum Gasteiger partial charge on any atom is 0.251 e. The maximum absolute atomic E-state index is 11.8. The van der Waals surface area contributed by atoms with Gasteiger partial charge in [-0.3, -0.25) is 4.79 Å². The molecule has 1 aromatic carbocycles. The summed E-state index contributed by atoms with van der Waals surface area (Å²) in [6.07, 6.45) is 2.63. The van der Waals surface area contributed by atoms with Crippen molar-refractivity contribution in [3.63, 3.8) is 0 Å². The third-order valence-electron chi connectivity index (χ3n) is 2.56. The van der Waals surface area contributed by atoms with Gasteiger partial charge in [0.25, 0.3) is 5.91 Å². The first kappa shape index (κ1) is 15.3. The number of hydrogen-bond acceptors (Lipinski definition) is 3. The minimum absolute atomic E-state index is 0.220. The molecule has 3 nitrogen and oxygen atoms in total. The van der Waals surface area contributed by atoms with E-state index >= 15 is 0 Å². The van der Waals surface area contributed by atoms with E-state index in [1.54, 1.807) is 43.0 Å². The highest BCUT2D eigenvalue weighted by molar-refractivity contribution is 7.98. The predicted octanol–water partition coefficient (Wildman–Crippen LogP) is 2.57. The van der Waals surface area contributed by atoms with Gasteiger partial charge in [-0.1, -0.05) is 17.7 Å². The largest absolute Gasteiger partial charge is 0.388 e. The molecule has 1 rings (SSSR count). The van der Waals surface area contributed by atoms with Crippen molar-refractivity contribution in [2.24, 2.45) is 0 Å². The highest BCUT2D eigenvalue weighted by Gasteiger charge is 2.20. The molecule has 1 amide bonds. The second kappa shape index (κ2) is 7.02. The van der Waals surface area contributed by atoms with Crippen LogP contribution in [0.25, 0.3) is 0 Å². The summed E-state index contributed by atoms with van der Waals surface area (Å²) in [5, 5.41) is 13.3. The summed E-state index contributed by atoms with van der Waals surface area (Å²) < 4.78 is 0. The number of aliphatic hydroxyl groups is 1. The summed E-state index contributed by atoms with van der Waals surface area (Å²) in [6, 6.07) is 6.74. The predicted molar refractivity (Wildman–Crippen MR) is 77.4 cm³/mol. The fourth-order valence-corrected chi connectivity index (χ4v) is 2.25. The Morgan fingerprint density at radius 3 is 2.89 bits per heavy atom. The Morgan fingerprint density at radius 1 is 1.56 bits per heavy atom. The molecule has 100 valence electrons. The third kappa shape index (κ3) is 5.29. The molecule has 1 atom stereocenters. The molecule has 0 radical (unpaired) electrons. The normalized spacial score (nSPS) is 14.0. The molecule has 0 aliphatic heterocycles. The molecule has 2 N–H and O–H groups in total. The summed E-state index contributed by atoms with van der Waals surface area (Å²) in [5.74, 6) is 0.641. The van der Waals surface area contributed by atoms with Gasteiger partial charge in [-0.2, -0.15) is 11.8 Å². The van der Waals surface area contributed by atoms with Crippen molar-refractivity contribution < 1.29 is 9.90 Å². The Bertz CT molecular complexity index is 410. The van der Waals surface area contributed by atoms with Gasteiger partial charge in [-0.05, 0) is 43.6 Å². The molecule has 1 unspecified atom stereocenters. The van der Waals surface area contributed by atoms with Crippen molar-refractivity contribution in [2.45, 2.75) is 18.9 Å². The maximum atomic E-state index is 11.8. The first-order valence-corrected chi connectivity index (χ1v) is 7.47. The van der Waals surface area contributed by atoms with Crippen LogP contribution in [-0.2, 0) is 0 Å². The minimum Gasteiger partial charge on any atom is -0.388 e. The van der Waals surface area contributed by atoms with Gasteiger partial charge in [0.2, 0.25) is 0 Å². The molecule has 0 spiro atoms. The highest BCUT2D eigenvalue weighted by atomic mass is 35.5. The molecule has 0 bridgehead atoms. The van der Waals surface area contributed by atoms with E-state index in [1.165, 1.54) is 0 Å². The first-order valence-electron chi connectivity index (χ1n) is 5.70. The van der Waals surface area contributed by atoms with Crippen LogP contribution in [0.1, 0.15) is 23.7 Å². The van der Waals surface area contributed by atoms with Crippen LogP contribution >= 0.6 is 23.4 Å². The molecular formula is C13H18ClNO2S. The molecule has 0 fully saturated rings. The first-order chi connectivity index (χ1) is 8.44. The molecule has 0 saturated carbocycles. The van der Waals surface area contributed by atoms with E-state index < -0.39 is 5.60 Å². The van der Waals surface area contributed by atoms with Crippen LogP contribution in [0.15, 0.2) is 24.3 Å². The fraction of sp³-hybridized carbons (Fsp3) is 0.462. The van der Waals surface area contributed by atoms with Gasteiger partial charge in [-0.25, -0.2) is 0 Å². The van der Waals surface area contributed by atoms with Gasteiger partial charge < -0.3 is 10.4 Å². The Morgan fingerprint density at radius 2 is 2.28 bits per heavy atom. The average molecular weight is 288 g/mol. The number of amides is 1. The number of nitrogens with one attached hydrogen (secondary N) is 1. The Labute approximate surface area is 117 Å². The fourth-order valence-electron chi connectivity index (χ4n) is 1.41. The van der Waals surface area contributed by atoms with Crippen LogP contribution in [0.2, 0.25) is 5.02 Å². The van der Waals surface area contributed by atoms with Crippen molar-refractivity contribution in [2.75, 3.05) is 18.6 Å². The van der Waals surface area contributed by atoms with E-state index in [1.807, 2.05) is 6.26 Å². The van der Waals surface area contributed by atoms with Gasteiger partial charge in [-0.15, -0.1) is 0 Å². The Kier molecular flexibility index (Phi) is 5.99. The van der Waals surface area contributed by atoms with E-state index in [2.05, 4.69) is 5.32 Å². The zero-order valence-electron chi connectivity index (χ0n) is 10.6. The summed E-state index contributed by atoms with van der Waals surface area (Å²) >= 11 is 7.49. The zero-order chi connectivity index (χ0) is 13.6. The molecular weight excluding hydrogens is 270 g/mol. The average Bonchev–Trinajstić information content (AvgIpc) is 2.34. The summed E-state index contributed by atoms with van der Waals surface area (Å²) in [7, 11) is 0. The minimum atomic E-state index is -0.878. The smallest absolute Gasteiger partial charge is 0.251 e. The molecule has 0 aromatic heterocycles. The van der Waals surface area contributed by atoms with Crippen molar-refractivity contribution in [1.82, 2.24) is 5.32 Å². The molecule has 0 aliphatic carbocycles. The molecule has 0 saturated heterocycles. The lowest BCUT2D eigenvalue weighted by Crippen LogP contribution is -2.41. The van der Waals surface area contributed by atoms with E-state index in [-0.39, 0.29) is 12.5 Å². The number of carbonyl (C=O) groups excluding carboxylic acids is 1. The number of benzene rings is 1. The molecule has 5 heteroatoms. The number of hydrogen-bond donors (Lipinski definition) is 2. The number of halogens is 1. The zero-order valence-corrected chi connectivity index (χ0v) is 12.1. The van der Waals surface area contributed by atoms with Gasteiger partial charge in [0.15, 0.2) is 0 Å². The monoisotopic (exact) mass is 287 g/mol. The van der Waals surface area contributed by atoms with Crippen LogP contribution in [0, 0.1) is 0 Å². The van der Waals surface area contributed by atoms with Crippen molar-refractivity contribution in [3.05, 3.63) is 34.9 Å². The number of carbonyl (C=O) groups is 1. The Balaban J connectivity index is 2.50. The Hall–Kier alpha value is -0.710. The van der Waals surface area contributed by atoms with E-state index in [4.69, 9.17) is 11.6 Å². The highest BCUT2D eigenvalue weighted by Crippen LogP contribution is 2.13. The third-order valence-corrected chi connectivity index (χ3v) is 3.41. The standard InChI is InChI=1S/C13H18ClNO2S/c1-13(17,6-7-18-2)9-15-12(16)10-4-3-5-11(14)8-10/h3-5,8,17H,6-7,9H2,1-2H3,(H,15,16). The van der Waals surface area contributed by atoms with Crippen LogP contribution in [0.4, 0.5) is 0 Å². The SMILES string of the molecule is CSCCC(C)(O)CNC(=O)c1cccc(Cl)c1. The molecule has 0 heterocycles. The van der Waals surface area contributed by atoms with Gasteiger partial charge in [0.1, 0.15) is 0 Å². The second-order valence-corrected chi connectivity index (χ2v) is 5.85. The lowest BCUT2D eigenvalue weighted by molar-refractivity contribution is 0.0528. The lowest BCUT2D eigenvalue weighted by atomic mass is 10.0. The van der Waals surface area contributed by atoms with Crippen LogP contribution in [-0.4, -0.2) is 35.2 Å². The van der Waals surface area contributed by atoms with E-state index in [0.29, 0.717) is 17.0 Å². The van der Waals surface area contributed by atoms with E-state index in [0.717, 1.165) is 5.75 Å². The summed E-state index contributed by atoms with van der Waals surface area (Å²) in [4.78, 5) is 11.8. The van der Waals surface area contributed by atoms with Crippen molar-refractivity contribution in [1.29, 1.82) is 0 Å². The van der Waals surface area contributed by atoms with Crippen molar-refractivity contribution in [3.8, 4) is 0 Å². The van der Waals surface area contributed by atoms with Crippen LogP contribution in [0.3, 0.4) is 0 Å². The molecule has 18 heavy (non-hydrogen) atoms. The second-order valence-electron chi connectivity index (χ2n) is 4.43. The number of rotatable bonds is 6. The number of thioether (sulfide) groups is 1. The van der Waals surface area contributed by atoms with Gasteiger partial charge >= 0.3 is 0 Å². The summed E-state index contributed by atoms with van der Waals surface area (Å²) in [5.41, 5.74) is -0.375. The van der Waals surface area contributed by atoms with Gasteiger partial charge in [0.05, 0.1) is 5.60 Å². The summed E-state index contributed by atoms with van der Waals surface area (Å²) in [6.45, 7) is 1.96. The van der Waals surface area contributed by atoms with Crippen molar-refractivity contribution >= 4 is 29.3 Å². The van der Waals surface area contributed by atoms with Gasteiger partial charge in [0, 0.05) is 17.1 Å². The lowest BCUT2D eigenvalue weighted by Gasteiger charge is -2.23. The van der Waals surface area contributed by atoms with Crippen LogP contribution < -0.4 is 5.32 Å². The quantitative estimate of drug-likeness (QED) is 0.845. The molecule has 1 aromatic rings.